The molecule has 0 bridgehead atoms. The van der Waals surface area contributed by atoms with Crippen LogP contribution in [0.15, 0.2) is 0 Å². The van der Waals surface area contributed by atoms with Gasteiger partial charge in [0.15, 0.2) is 0 Å². The lowest BCUT2D eigenvalue weighted by atomic mass is 11.0. The molecule has 0 aromatic rings. The molecule has 0 amide bonds. The van der Waals surface area contributed by atoms with E-state index in [0.29, 0.717) is 0 Å². The number of rotatable bonds is 0. The van der Waals surface area contributed by atoms with Gasteiger partial charge in [-0.05, 0) is 4.48 Å². The van der Waals surface area contributed by atoms with Crippen molar-refractivity contribution in [1.82, 2.24) is 0 Å². The molecular formula is C3H9ClFN. The highest BCUT2D eigenvalue weighted by Gasteiger charge is 1.97. The number of hydrogen-bond acceptors (Lipinski definition) is 0. The Kier molecular flexibility index (Phi) is 3.75. The van der Waals surface area contributed by atoms with Gasteiger partial charge in [-0.25, -0.2) is 0 Å². The van der Waals surface area contributed by atoms with Gasteiger partial charge < -0.3 is 12.4 Å². The lowest BCUT2D eigenvalue weighted by Gasteiger charge is -2.03. The van der Waals surface area contributed by atoms with Crippen LogP contribution in [0.25, 0.3) is 0 Å². The molecule has 0 aliphatic carbocycles. The fourth-order valence-electron chi connectivity index (χ4n) is 0. The van der Waals surface area contributed by atoms with Gasteiger partial charge in [0.1, 0.15) is 21.1 Å². The first-order valence-electron chi connectivity index (χ1n) is 1.51. The Balaban J connectivity index is 0. The van der Waals surface area contributed by atoms with Gasteiger partial charge in [-0.1, -0.05) is 0 Å². The molecule has 0 heterocycles. The Morgan fingerprint density at radius 3 is 1.17 bits per heavy atom. The van der Waals surface area contributed by atoms with E-state index in [1.54, 1.807) is 0 Å². The average molecular weight is 114 g/mol. The first-order chi connectivity index (χ1) is 2.00. The van der Waals surface area contributed by atoms with E-state index in [4.69, 9.17) is 0 Å². The summed E-state index contributed by atoms with van der Waals surface area (Å²) < 4.78 is 11.1. The molecule has 0 fully saturated rings. The molecule has 0 radical (unpaired) electrons. The number of nitrogens with zero attached hydrogens (tertiary/aromatic N) is 1. The van der Waals surface area contributed by atoms with Crippen LogP contribution < -0.4 is 12.4 Å². The summed E-state index contributed by atoms with van der Waals surface area (Å²) in [5, 5.41) is 0. The highest BCUT2D eigenvalue weighted by molar-refractivity contribution is 3.73. The molecule has 0 N–H and O–H groups in total. The van der Waals surface area contributed by atoms with Crippen molar-refractivity contribution in [3.63, 3.8) is 0 Å². The van der Waals surface area contributed by atoms with Crippen LogP contribution in [-0.2, 0) is 0 Å². The minimum atomic E-state index is -0.500. The van der Waals surface area contributed by atoms with Crippen molar-refractivity contribution in [2.75, 3.05) is 21.1 Å². The summed E-state index contributed by atoms with van der Waals surface area (Å²) in [4.78, 5) is 0. The summed E-state index contributed by atoms with van der Waals surface area (Å²) in [6.07, 6.45) is 0. The van der Waals surface area contributed by atoms with E-state index in [0.717, 1.165) is 0 Å². The SMILES string of the molecule is C[N+](C)(C)F.[Cl-]. The fraction of sp³-hybridized carbons (Fsp3) is 1.00. The Labute approximate surface area is 43.7 Å². The monoisotopic (exact) mass is 113 g/mol. The summed E-state index contributed by atoms with van der Waals surface area (Å²) in [7, 11) is 4.38. The van der Waals surface area contributed by atoms with Gasteiger partial charge in [0, 0.05) is 0 Å². The highest BCUT2D eigenvalue weighted by Crippen LogP contribution is 1.84. The summed E-state index contributed by atoms with van der Waals surface area (Å²) in [5.41, 5.74) is 0. The van der Waals surface area contributed by atoms with Crippen molar-refractivity contribution in [2.45, 2.75) is 0 Å². The van der Waals surface area contributed by atoms with E-state index >= 15 is 0 Å². The van der Waals surface area contributed by atoms with Crippen LogP contribution in [0.2, 0.25) is 0 Å². The highest BCUT2D eigenvalue weighted by atomic mass is 35.5. The fourth-order valence-corrected chi connectivity index (χ4v) is 0. The van der Waals surface area contributed by atoms with Crippen LogP contribution in [-0.4, -0.2) is 25.8 Å². The van der Waals surface area contributed by atoms with Crippen molar-refractivity contribution >= 4 is 0 Å². The van der Waals surface area contributed by atoms with Crippen molar-refractivity contribution < 1.29 is 21.6 Å². The molecule has 0 spiro atoms. The lowest BCUT2D eigenvalue weighted by molar-refractivity contribution is -1.01. The lowest BCUT2D eigenvalue weighted by Crippen LogP contribution is -3.00. The Hall–Kier alpha value is 0.180. The smallest absolute Gasteiger partial charge is 0.104 e. The average Bonchev–Trinajstić information content (AvgIpc) is 0.722. The third kappa shape index (κ3) is 1300. The summed E-state index contributed by atoms with van der Waals surface area (Å²) in [6.45, 7) is 0. The van der Waals surface area contributed by atoms with Gasteiger partial charge in [0.05, 0.1) is 0 Å². The van der Waals surface area contributed by atoms with Crippen molar-refractivity contribution in [1.29, 1.82) is 0 Å². The Morgan fingerprint density at radius 1 is 1.17 bits per heavy atom. The standard InChI is InChI=1S/C3H9FN.ClH/c1-5(2,3)4;/h1-3H3;1H/q+1;/p-1. The quantitative estimate of drug-likeness (QED) is 0.307. The molecule has 1 nitrogen and oxygen atoms in total. The van der Waals surface area contributed by atoms with Crippen molar-refractivity contribution in [3.8, 4) is 0 Å². The maximum Gasteiger partial charge on any atom is 0.104 e. The zero-order valence-electron chi connectivity index (χ0n) is 4.20. The van der Waals surface area contributed by atoms with Gasteiger partial charge in [0.25, 0.3) is 0 Å². The summed E-state index contributed by atoms with van der Waals surface area (Å²) in [6, 6.07) is 0. The topological polar surface area (TPSA) is 0 Å². The van der Waals surface area contributed by atoms with Crippen LogP contribution in [0, 0.1) is 0 Å². The summed E-state index contributed by atoms with van der Waals surface area (Å²) >= 11 is 0. The molecule has 0 unspecified atom stereocenters. The zero-order valence-corrected chi connectivity index (χ0v) is 4.96. The predicted octanol–water partition coefficient (Wildman–Crippen LogP) is -2.42. The molecular weight excluding hydrogens is 104 g/mol. The molecule has 0 aromatic heterocycles. The maximum absolute atomic E-state index is 11.6. The van der Waals surface area contributed by atoms with Crippen LogP contribution >= 0.6 is 0 Å². The van der Waals surface area contributed by atoms with Crippen LogP contribution in [0.4, 0.5) is 4.48 Å². The van der Waals surface area contributed by atoms with Gasteiger partial charge in [0.2, 0.25) is 0 Å². The molecule has 40 valence electrons. The third-order valence-corrected chi connectivity index (χ3v) is 0. The second kappa shape index (κ2) is 2.37. The molecule has 0 aromatic carbocycles. The van der Waals surface area contributed by atoms with Gasteiger partial charge in [-0.15, -0.1) is 4.71 Å². The predicted molar refractivity (Wildman–Crippen MR) is 19.1 cm³/mol. The van der Waals surface area contributed by atoms with Gasteiger partial charge in [-0.3, -0.25) is 0 Å². The third-order valence-electron chi connectivity index (χ3n) is 0. The second-order valence-electron chi connectivity index (χ2n) is 1.85. The van der Waals surface area contributed by atoms with E-state index in [9.17, 15) is 4.48 Å². The number of halogens is 2. The first kappa shape index (κ1) is 9.49. The van der Waals surface area contributed by atoms with Crippen molar-refractivity contribution in [2.24, 2.45) is 0 Å². The van der Waals surface area contributed by atoms with E-state index < -0.39 is 4.71 Å². The molecule has 6 heavy (non-hydrogen) atoms. The maximum atomic E-state index is 11.6. The summed E-state index contributed by atoms with van der Waals surface area (Å²) in [5.74, 6) is 0. The molecule has 0 saturated heterocycles. The van der Waals surface area contributed by atoms with Crippen LogP contribution in [0.3, 0.4) is 0 Å². The van der Waals surface area contributed by atoms with Crippen LogP contribution in [0.5, 0.6) is 0 Å². The van der Waals surface area contributed by atoms with E-state index in [2.05, 4.69) is 0 Å². The zero-order chi connectivity index (χ0) is 4.50. The van der Waals surface area contributed by atoms with Gasteiger partial charge >= 0.3 is 0 Å². The van der Waals surface area contributed by atoms with E-state index in [1.807, 2.05) is 0 Å². The Morgan fingerprint density at radius 2 is 1.17 bits per heavy atom. The van der Waals surface area contributed by atoms with Gasteiger partial charge in [-0.2, -0.15) is 0 Å². The normalized spacial score (nSPS) is 10.0. The molecule has 0 atom stereocenters. The van der Waals surface area contributed by atoms with Crippen molar-refractivity contribution in [3.05, 3.63) is 0 Å². The minimum Gasteiger partial charge on any atom is -1.00 e. The molecule has 3 heteroatoms. The largest absolute Gasteiger partial charge is 1.00 e. The van der Waals surface area contributed by atoms with E-state index in [1.165, 1.54) is 21.1 Å². The minimum absolute atomic E-state index is 0. The molecule has 0 saturated carbocycles. The first-order valence-corrected chi connectivity index (χ1v) is 1.51. The number of hydrogen-bond donors (Lipinski definition) is 0. The molecule has 0 aliphatic rings. The second-order valence-corrected chi connectivity index (χ2v) is 1.85. The molecule has 0 rings (SSSR count). The van der Waals surface area contributed by atoms with Crippen LogP contribution in [0.1, 0.15) is 0 Å². The molecule has 0 aliphatic heterocycles. The number of quaternary nitrogens is 1. The Bertz CT molecular complexity index is 26.3. The van der Waals surface area contributed by atoms with E-state index in [-0.39, 0.29) is 12.4 Å².